The van der Waals surface area contributed by atoms with E-state index in [-0.39, 0.29) is 12.4 Å². The van der Waals surface area contributed by atoms with Crippen LogP contribution in [0.15, 0.2) is 61.2 Å². The monoisotopic (exact) mass is 283 g/mol. The maximum atomic E-state index is 11.8. The molecule has 0 heterocycles. The fourth-order valence-corrected chi connectivity index (χ4v) is 1.92. The minimum absolute atomic E-state index is 0.121. The first-order valence-electron chi connectivity index (χ1n) is 6.60. The van der Waals surface area contributed by atoms with Crippen LogP contribution < -0.4 is 5.32 Å². The molecular formula is C17H17NO3. The van der Waals surface area contributed by atoms with E-state index in [0.29, 0.717) is 17.7 Å². The summed E-state index contributed by atoms with van der Waals surface area (Å²) in [6.07, 6.45) is 1.56. The number of anilines is 1. The van der Waals surface area contributed by atoms with Crippen molar-refractivity contribution in [2.75, 3.05) is 5.32 Å². The molecule has 0 fully saturated rings. The summed E-state index contributed by atoms with van der Waals surface area (Å²) < 4.78 is 5.15. The Morgan fingerprint density at radius 1 is 1.19 bits per heavy atom. The number of amides is 1. The number of ether oxygens (including phenoxy) is 1. The molecule has 2 rings (SSSR count). The average molecular weight is 283 g/mol. The van der Waals surface area contributed by atoms with Gasteiger partial charge in [0.15, 0.2) is 0 Å². The van der Waals surface area contributed by atoms with E-state index >= 15 is 0 Å². The van der Waals surface area contributed by atoms with Crippen LogP contribution in [0.4, 0.5) is 10.5 Å². The number of nitrogens with one attached hydrogen (secondary N) is 1. The molecule has 2 aromatic rings. The molecule has 0 aliphatic rings. The highest BCUT2D eigenvalue weighted by molar-refractivity contribution is 5.86. The number of carbonyl (C=O) groups is 1. The lowest BCUT2D eigenvalue weighted by molar-refractivity contribution is 0.155. The summed E-state index contributed by atoms with van der Waals surface area (Å²) >= 11 is 0. The van der Waals surface area contributed by atoms with Crippen LogP contribution in [0.5, 0.6) is 5.75 Å². The number of carbonyl (C=O) groups excluding carboxylic acids is 1. The molecule has 4 heteroatoms. The fourth-order valence-electron chi connectivity index (χ4n) is 1.92. The summed E-state index contributed by atoms with van der Waals surface area (Å²) in [6, 6.07) is 14.4. The van der Waals surface area contributed by atoms with Crippen LogP contribution in [-0.4, -0.2) is 11.2 Å². The number of allylic oxidation sites excluding steroid dienone is 1. The highest BCUT2D eigenvalue weighted by Gasteiger charge is 2.10. The summed E-state index contributed by atoms with van der Waals surface area (Å²) in [4.78, 5) is 11.8. The first kappa shape index (κ1) is 14.7. The Balaban J connectivity index is 1.99. The standard InChI is InChI=1S/C17H17NO3/c1-2-7-14-15(10-6-11-16(14)19)18-17(20)21-12-13-8-4-3-5-9-13/h2-6,8-11,19H,1,7,12H2,(H,18,20). The van der Waals surface area contributed by atoms with Crippen LogP contribution in [0.25, 0.3) is 0 Å². The van der Waals surface area contributed by atoms with Gasteiger partial charge in [-0.05, 0) is 24.1 Å². The third-order valence-corrected chi connectivity index (χ3v) is 2.95. The molecule has 0 atom stereocenters. The van der Waals surface area contributed by atoms with Gasteiger partial charge in [0.2, 0.25) is 0 Å². The number of hydrogen-bond acceptors (Lipinski definition) is 3. The zero-order valence-corrected chi connectivity index (χ0v) is 11.6. The summed E-state index contributed by atoms with van der Waals surface area (Å²) in [6.45, 7) is 3.83. The Hall–Kier alpha value is -2.75. The van der Waals surface area contributed by atoms with Gasteiger partial charge in [-0.25, -0.2) is 4.79 Å². The SMILES string of the molecule is C=CCc1c(O)cccc1NC(=O)OCc1ccccc1. The van der Waals surface area contributed by atoms with Crippen molar-refractivity contribution in [3.63, 3.8) is 0 Å². The summed E-state index contributed by atoms with van der Waals surface area (Å²) in [5.41, 5.74) is 2.05. The van der Waals surface area contributed by atoms with Gasteiger partial charge >= 0.3 is 6.09 Å². The van der Waals surface area contributed by atoms with E-state index in [1.807, 2.05) is 30.3 Å². The third-order valence-electron chi connectivity index (χ3n) is 2.95. The van der Waals surface area contributed by atoms with Crippen LogP contribution in [0.1, 0.15) is 11.1 Å². The predicted molar refractivity (Wildman–Crippen MR) is 82.3 cm³/mol. The quantitative estimate of drug-likeness (QED) is 0.819. The van der Waals surface area contributed by atoms with Gasteiger partial charge in [0, 0.05) is 5.56 Å². The van der Waals surface area contributed by atoms with E-state index in [9.17, 15) is 9.90 Å². The summed E-state index contributed by atoms with van der Waals surface area (Å²) in [5, 5.41) is 12.4. The van der Waals surface area contributed by atoms with E-state index in [1.54, 1.807) is 24.3 Å². The number of phenolic OH excluding ortho intramolecular Hbond substituents is 1. The van der Waals surface area contributed by atoms with Gasteiger partial charge in [0.1, 0.15) is 12.4 Å². The first-order chi connectivity index (χ1) is 10.2. The summed E-state index contributed by atoms with van der Waals surface area (Å²) in [5.74, 6) is 0.121. The van der Waals surface area contributed by atoms with Gasteiger partial charge in [-0.3, -0.25) is 5.32 Å². The lowest BCUT2D eigenvalue weighted by atomic mass is 10.1. The summed E-state index contributed by atoms with van der Waals surface area (Å²) in [7, 11) is 0. The van der Waals surface area contributed by atoms with Crippen LogP contribution >= 0.6 is 0 Å². The van der Waals surface area contributed by atoms with Crippen LogP contribution in [0.3, 0.4) is 0 Å². The van der Waals surface area contributed by atoms with Crippen LogP contribution in [-0.2, 0) is 17.8 Å². The van der Waals surface area contributed by atoms with E-state index in [0.717, 1.165) is 5.56 Å². The molecule has 1 amide bonds. The first-order valence-corrected chi connectivity index (χ1v) is 6.60. The number of rotatable bonds is 5. The molecule has 2 N–H and O–H groups in total. The second-order valence-corrected chi connectivity index (χ2v) is 4.48. The van der Waals surface area contributed by atoms with Gasteiger partial charge in [-0.1, -0.05) is 42.5 Å². The molecule has 0 aliphatic carbocycles. The van der Waals surface area contributed by atoms with Crippen LogP contribution in [0, 0.1) is 0 Å². The minimum atomic E-state index is -0.560. The Labute approximate surface area is 123 Å². The lowest BCUT2D eigenvalue weighted by Gasteiger charge is -2.11. The molecule has 2 aromatic carbocycles. The zero-order chi connectivity index (χ0) is 15.1. The largest absolute Gasteiger partial charge is 0.508 e. The molecule has 0 spiro atoms. The van der Waals surface area contributed by atoms with E-state index in [4.69, 9.17) is 4.74 Å². The van der Waals surface area contributed by atoms with Crippen molar-refractivity contribution in [1.29, 1.82) is 0 Å². The lowest BCUT2D eigenvalue weighted by Crippen LogP contribution is -2.14. The molecule has 0 bridgehead atoms. The number of aromatic hydroxyl groups is 1. The van der Waals surface area contributed by atoms with Crippen LogP contribution in [0.2, 0.25) is 0 Å². The average Bonchev–Trinajstić information content (AvgIpc) is 2.50. The Morgan fingerprint density at radius 2 is 1.95 bits per heavy atom. The van der Waals surface area contributed by atoms with Gasteiger partial charge in [-0.2, -0.15) is 0 Å². The third kappa shape index (κ3) is 4.11. The van der Waals surface area contributed by atoms with Crippen molar-refractivity contribution in [3.05, 3.63) is 72.3 Å². The molecule has 0 saturated carbocycles. The highest BCUT2D eigenvalue weighted by Crippen LogP contribution is 2.26. The van der Waals surface area contributed by atoms with E-state index in [1.165, 1.54) is 0 Å². The highest BCUT2D eigenvalue weighted by atomic mass is 16.5. The molecule has 0 unspecified atom stereocenters. The second-order valence-electron chi connectivity index (χ2n) is 4.48. The Bertz CT molecular complexity index is 623. The van der Waals surface area contributed by atoms with E-state index in [2.05, 4.69) is 11.9 Å². The molecule has 4 nitrogen and oxygen atoms in total. The van der Waals surface area contributed by atoms with Crippen molar-refractivity contribution in [1.82, 2.24) is 0 Å². The molecular weight excluding hydrogens is 266 g/mol. The molecule has 108 valence electrons. The smallest absolute Gasteiger partial charge is 0.411 e. The molecule has 21 heavy (non-hydrogen) atoms. The fraction of sp³-hybridized carbons (Fsp3) is 0.118. The zero-order valence-electron chi connectivity index (χ0n) is 11.6. The molecule has 0 aromatic heterocycles. The van der Waals surface area contributed by atoms with Crippen molar-refractivity contribution in [2.24, 2.45) is 0 Å². The topological polar surface area (TPSA) is 58.6 Å². The normalized spacial score (nSPS) is 9.90. The Kier molecular flexibility index (Phi) is 4.99. The Morgan fingerprint density at radius 3 is 2.67 bits per heavy atom. The van der Waals surface area contributed by atoms with Gasteiger partial charge < -0.3 is 9.84 Å². The molecule has 0 radical (unpaired) electrons. The number of hydrogen-bond donors (Lipinski definition) is 2. The van der Waals surface area contributed by atoms with E-state index < -0.39 is 6.09 Å². The maximum absolute atomic E-state index is 11.8. The van der Waals surface area contributed by atoms with Gasteiger partial charge in [0.25, 0.3) is 0 Å². The van der Waals surface area contributed by atoms with Crippen molar-refractivity contribution < 1.29 is 14.6 Å². The minimum Gasteiger partial charge on any atom is -0.508 e. The van der Waals surface area contributed by atoms with Crippen molar-refractivity contribution in [2.45, 2.75) is 13.0 Å². The number of benzene rings is 2. The van der Waals surface area contributed by atoms with Gasteiger partial charge in [0.05, 0.1) is 5.69 Å². The predicted octanol–water partition coefficient (Wildman–Crippen LogP) is 3.87. The van der Waals surface area contributed by atoms with Gasteiger partial charge in [-0.15, -0.1) is 6.58 Å². The second kappa shape index (κ2) is 7.14. The van der Waals surface area contributed by atoms with Crippen molar-refractivity contribution in [3.8, 4) is 5.75 Å². The number of phenols is 1. The molecule has 0 aliphatic heterocycles. The molecule has 0 saturated heterocycles. The van der Waals surface area contributed by atoms with Crippen molar-refractivity contribution >= 4 is 11.8 Å². The maximum Gasteiger partial charge on any atom is 0.411 e.